The largest absolute Gasteiger partial charge is 0.494 e. The van der Waals surface area contributed by atoms with Gasteiger partial charge in [-0.15, -0.1) is 0 Å². The highest BCUT2D eigenvalue weighted by atomic mass is 16.5. The van der Waals surface area contributed by atoms with Gasteiger partial charge in [0.05, 0.1) is 6.61 Å². The quantitative estimate of drug-likeness (QED) is 0.836. The number of carbonyl (C=O) groups excluding carboxylic acids is 1. The molecule has 5 nitrogen and oxygen atoms in total. The second-order valence-corrected chi connectivity index (χ2v) is 5.84. The third kappa shape index (κ3) is 2.97. The van der Waals surface area contributed by atoms with Gasteiger partial charge in [-0.1, -0.05) is 0 Å². The van der Waals surface area contributed by atoms with Gasteiger partial charge in [-0.05, 0) is 38.8 Å². The molecule has 0 aromatic heterocycles. The molecule has 1 saturated carbocycles. The van der Waals surface area contributed by atoms with Gasteiger partial charge in [0.1, 0.15) is 23.6 Å². The summed E-state index contributed by atoms with van der Waals surface area (Å²) in [6.45, 7) is 4.52. The number of hydrogen-bond donors (Lipinski definition) is 2. The van der Waals surface area contributed by atoms with Crippen LogP contribution in [0, 0.1) is 0 Å². The van der Waals surface area contributed by atoms with Crippen molar-refractivity contribution >= 4 is 5.91 Å². The van der Waals surface area contributed by atoms with Crippen molar-refractivity contribution in [3.63, 3.8) is 0 Å². The maximum atomic E-state index is 11.8. The molecule has 1 fully saturated rings. The lowest BCUT2D eigenvalue weighted by Gasteiger charge is -2.20. The van der Waals surface area contributed by atoms with Crippen LogP contribution >= 0.6 is 0 Å². The average Bonchev–Trinajstić information content (AvgIpc) is 3.16. The highest BCUT2D eigenvalue weighted by molar-refractivity contribution is 5.82. The Kier molecular flexibility index (Phi) is 3.76. The molecule has 3 N–H and O–H groups in total. The van der Waals surface area contributed by atoms with Gasteiger partial charge in [-0.3, -0.25) is 10.1 Å². The smallest absolute Gasteiger partial charge is 0.239 e. The molecule has 2 aliphatic rings. The van der Waals surface area contributed by atoms with Crippen molar-refractivity contribution < 1.29 is 14.3 Å². The summed E-state index contributed by atoms with van der Waals surface area (Å²) in [6.07, 6.45) is 3.21. The number of carbonyl (C=O) groups is 1. The first kappa shape index (κ1) is 14.2. The van der Waals surface area contributed by atoms with Crippen LogP contribution in [-0.4, -0.2) is 24.7 Å². The van der Waals surface area contributed by atoms with Crippen LogP contribution in [0.2, 0.25) is 0 Å². The highest BCUT2D eigenvalue weighted by Gasteiger charge is 2.32. The van der Waals surface area contributed by atoms with Gasteiger partial charge in [0.2, 0.25) is 5.91 Å². The van der Waals surface area contributed by atoms with Gasteiger partial charge in [-0.2, -0.15) is 0 Å². The van der Waals surface area contributed by atoms with Gasteiger partial charge in [0.15, 0.2) is 0 Å². The Balaban J connectivity index is 1.97. The summed E-state index contributed by atoms with van der Waals surface area (Å²) in [4.78, 5) is 11.8. The second-order valence-electron chi connectivity index (χ2n) is 5.84. The maximum absolute atomic E-state index is 11.8. The predicted octanol–water partition coefficient (Wildman–Crippen LogP) is 1.69. The SMILES string of the molecule is CCOc1cc2c(cc1C(NC1CC1)C(N)=O)OC(C)C2. The fourth-order valence-corrected chi connectivity index (χ4v) is 2.77. The molecule has 1 heterocycles. The Labute approximate surface area is 124 Å². The maximum Gasteiger partial charge on any atom is 0.239 e. The summed E-state index contributed by atoms with van der Waals surface area (Å²) in [7, 11) is 0. The molecule has 2 atom stereocenters. The van der Waals surface area contributed by atoms with Gasteiger partial charge in [-0.25, -0.2) is 0 Å². The Bertz CT molecular complexity index is 555. The Hall–Kier alpha value is -1.75. The summed E-state index contributed by atoms with van der Waals surface area (Å²) in [5.41, 5.74) is 7.50. The van der Waals surface area contributed by atoms with E-state index in [1.165, 1.54) is 0 Å². The molecule has 0 bridgehead atoms. The van der Waals surface area contributed by atoms with Crippen molar-refractivity contribution in [3.8, 4) is 11.5 Å². The van der Waals surface area contributed by atoms with E-state index in [-0.39, 0.29) is 12.0 Å². The van der Waals surface area contributed by atoms with Crippen LogP contribution in [0.5, 0.6) is 11.5 Å². The topological polar surface area (TPSA) is 73.6 Å². The monoisotopic (exact) mass is 290 g/mol. The minimum absolute atomic E-state index is 0.160. The van der Waals surface area contributed by atoms with Crippen molar-refractivity contribution in [2.75, 3.05) is 6.61 Å². The summed E-state index contributed by atoms with van der Waals surface area (Å²) < 4.78 is 11.5. The van der Waals surface area contributed by atoms with Gasteiger partial charge in [0.25, 0.3) is 0 Å². The number of nitrogens with two attached hydrogens (primary N) is 1. The van der Waals surface area contributed by atoms with Crippen molar-refractivity contribution in [2.45, 2.75) is 51.3 Å². The zero-order valence-corrected chi connectivity index (χ0v) is 12.5. The lowest BCUT2D eigenvalue weighted by atomic mass is 10.0. The number of rotatable bonds is 6. The molecule has 1 amide bonds. The number of ether oxygens (including phenoxy) is 2. The molecule has 3 rings (SSSR count). The Morgan fingerprint density at radius 1 is 1.52 bits per heavy atom. The summed E-state index contributed by atoms with van der Waals surface area (Å²) in [5.74, 6) is 1.18. The molecule has 0 saturated heterocycles. The average molecular weight is 290 g/mol. The Morgan fingerprint density at radius 3 is 2.90 bits per heavy atom. The van der Waals surface area contributed by atoms with Gasteiger partial charge < -0.3 is 15.2 Å². The zero-order chi connectivity index (χ0) is 15.0. The van der Waals surface area contributed by atoms with Crippen LogP contribution in [0.1, 0.15) is 43.9 Å². The third-order valence-electron chi connectivity index (χ3n) is 3.90. The molecular formula is C16H22N2O3. The van der Waals surface area contributed by atoms with Crippen LogP contribution in [0.15, 0.2) is 12.1 Å². The van der Waals surface area contributed by atoms with E-state index >= 15 is 0 Å². The van der Waals surface area contributed by atoms with E-state index in [0.29, 0.717) is 12.6 Å². The summed E-state index contributed by atoms with van der Waals surface area (Å²) in [6, 6.07) is 3.76. The fraction of sp³-hybridized carbons (Fsp3) is 0.562. The highest BCUT2D eigenvalue weighted by Crippen LogP contribution is 2.38. The number of hydrogen-bond acceptors (Lipinski definition) is 4. The molecule has 5 heteroatoms. The van der Waals surface area contributed by atoms with Gasteiger partial charge in [0, 0.05) is 23.6 Å². The van der Waals surface area contributed by atoms with Crippen molar-refractivity contribution in [1.29, 1.82) is 0 Å². The number of primary amides is 1. The minimum atomic E-state index is -0.524. The van der Waals surface area contributed by atoms with Crippen LogP contribution in [0.4, 0.5) is 0 Å². The van der Waals surface area contributed by atoms with Gasteiger partial charge >= 0.3 is 0 Å². The lowest BCUT2D eigenvalue weighted by molar-refractivity contribution is -0.120. The summed E-state index contributed by atoms with van der Waals surface area (Å²) in [5, 5.41) is 3.30. The van der Waals surface area contributed by atoms with Crippen LogP contribution < -0.4 is 20.5 Å². The van der Waals surface area contributed by atoms with E-state index in [1.807, 2.05) is 26.0 Å². The van der Waals surface area contributed by atoms with E-state index in [4.69, 9.17) is 15.2 Å². The first-order chi connectivity index (χ1) is 10.1. The predicted molar refractivity (Wildman–Crippen MR) is 79.5 cm³/mol. The second kappa shape index (κ2) is 5.56. The first-order valence-corrected chi connectivity index (χ1v) is 7.60. The normalized spacial score (nSPS) is 21.5. The molecule has 1 aromatic carbocycles. The molecular weight excluding hydrogens is 268 g/mol. The summed E-state index contributed by atoms with van der Waals surface area (Å²) >= 11 is 0. The fourth-order valence-electron chi connectivity index (χ4n) is 2.77. The lowest BCUT2D eigenvalue weighted by Crippen LogP contribution is -2.35. The number of amides is 1. The van der Waals surface area contributed by atoms with E-state index in [0.717, 1.165) is 41.9 Å². The van der Waals surface area contributed by atoms with E-state index in [9.17, 15) is 4.79 Å². The van der Waals surface area contributed by atoms with Crippen molar-refractivity contribution in [2.24, 2.45) is 5.73 Å². The minimum Gasteiger partial charge on any atom is -0.494 e. The third-order valence-corrected chi connectivity index (χ3v) is 3.90. The molecule has 1 aromatic rings. The van der Waals surface area contributed by atoms with Crippen LogP contribution in [-0.2, 0) is 11.2 Å². The molecule has 114 valence electrons. The molecule has 1 aliphatic heterocycles. The van der Waals surface area contributed by atoms with E-state index < -0.39 is 6.04 Å². The van der Waals surface area contributed by atoms with E-state index in [1.54, 1.807) is 0 Å². The van der Waals surface area contributed by atoms with Crippen LogP contribution in [0.25, 0.3) is 0 Å². The first-order valence-electron chi connectivity index (χ1n) is 7.60. The molecule has 21 heavy (non-hydrogen) atoms. The number of benzene rings is 1. The van der Waals surface area contributed by atoms with Crippen LogP contribution in [0.3, 0.4) is 0 Å². The van der Waals surface area contributed by atoms with Crippen molar-refractivity contribution in [3.05, 3.63) is 23.3 Å². The zero-order valence-electron chi connectivity index (χ0n) is 12.5. The Morgan fingerprint density at radius 2 is 2.29 bits per heavy atom. The number of nitrogens with one attached hydrogen (secondary N) is 1. The molecule has 0 spiro atoms. The molecule has 2 unspecified atom stereocenters. The molecule has 0 radical (unpaired) electrons. The van der Waals surface area contributed by atoms with E-state index in [2.05, 4.69) is 5.32 Å². The van der Waals surface area contributed by atoms with Crippen molar-refractivity contribution in [1.82, 2.24) is 5.32 Å². The molecule has 1 aliphatic carbocycles. The standard InChI is InChI=1S/C16H22N2O3/c1-3-20-14-7-10-6-9(2)21-13(10)8-12(14)15(16(17)19)18-11-4-5-11/h7-9,11,15,18H,3-6H2,1-2H3,(H2,17,19). The number of fused-ring (bicyclic) bond motifs is 1.